The topological polar surface area (TPSA) is 268 Å². The Morgan fingerprint density at radius 1 is 1.19 bits per heavy atom. The van der Waals surface area contributed by atoms with Crippen LogP contribution in [0.25, 0.3) is 5.78 Å². The summed E-state index contributed by atoms with van der Waals surface area (Å²) in [5.41, 5.74) is 5.87. The monoisotopic (exact) mass is 713 g/mol. The number of rotatable bonds is 11. The minimum atomic E-state index is -1.46. The number of nitrogens with one attached hydrogen (secondary N) is 1. The van der Waals surface area contributed by atoms with Gasteiger partial charge in [-0.25, -0.2) is 19.6 Å². The zero-order chi connectivity index (χ0) is 34.3. The van der Waals surface area contributed by atoms with E-state index in [2.05, 4.69) is 30.5 Å². The van der Waals surface area contributed by atoms with Crippen LogP contribution in [0.3, 0.4) is 0 Å². The average Bonchev–Trinajstić information content (AvgIpc) is 3.70. The van der Waals surface area contributed by atoms with E-state index in [9.17, 15) is 34.5 Å². The molecule has 0 saturated carbocycles. The highest BCUT2D eigenvalue weighted by Gasteiger charge is 2.54. The van der Waals surface area contributed by atoms with Crippen LogP contribution < -0.4 is 11.1 Å². The van der Waals surface area contributed by atoms with Crippen molar-refractivity contribution in [2.24, 2.45) is 5.16 Å². The molecule has 248 valence electrons. The number of aromatic hydroxyl groups is 2. The van der Waals surface area contributed by atoms with E-state index in [1.54, 1.807) is 13.0 Å². The van der Waals surface area contributed by atoms with Crippen molar-refractivity contribution in [3.8, 4) is 11.5 Å². The molecule has 0 unspecified atom stereocenters. The molecule has 6 rings (SSSR count). The Balaban J connectivity index is 1.18. The summed E-state index contributed by atoms with van der Waals surface area (Å²) in [5, 5.41) is 51.5. The highest BCUT2D eigenvalue weighted by atomic mass is 32.2. The third kappa shape index (κ3) is 6.04. The fourth-order valence-electron chi connectivity index (χ4n) is 4.84. The molecule has 48 heavy (non-hydrogen) atoms. The van der Waals surface area contributed by atoms with Crippen molar-refractivity contribution < 1.29 is 44.4 Å². The first-order valence-corrected chi connectivity index (χ1v) is 16.6. The number of benzene rings is 1. The number of nitrogens with zero attached hydrogens (tertiary/aromatic N) is 7. The molecule has 2 atom stereocenters. The van der Waals surface area contributed by atoms with Gasteiger partial charge < -0.3 is 36.3 Å². The van der Waals surface area contributed by atoms with E-state index in [0.29, 0.717) is 22.1 Å². The number of carbonyl (C=O) groups excluding carboxylic acids is 2. The number of aryl methyl sites for hydroxylation is 1. The molecule has 2 amide bonds. The molecule has 1 fully saturated rings. The van der Waals surface area contributed by atoms with E-state index in [1.807, 2.05) is 0 Å². The van der Waals surface area contributed by atoms with Gasteiger partial charge in [-0.1, -0.05) is 11.2 Å². The van der Waals surface area contributed by atoms with Gasteiger partial charge >= 0.3 is 11.9 Å². The number of hydrogen-bond donors (Lipinski definition) is 6. The second-order valence-corrected chi connectivity index (χ2v) is 13.2. The predicted molar refractivity (Wildman–Crippen MR) is 171 cm³/mol. The first-order chi connectivity index (χ1) is 22.9. The van der Waals surface area contributed by atoms with E-state index in [4.69, 9.17) is 15.7 Å². The lowest BCUT2D eigenvalue weighted by molar-refractivity contribution is -0.150. The Hall–Kier alpha value is -5.41. The maximum atomic E-state index is 13.4. The molecule has 4 aromatic rings. The maximum Gasteiger partial charge on any atom is 0.352 e. The Morgan fingerprint density at radius 2 is 1.98 bits per heavy atom. The first kappa shape index (κ1) is 32.5. The molecule has 2 aliphatic heterocycles. The summed E-state index contributed by atoms with van der Waals surface area (Å²) in [7, 11) is 0. The number of oxime groups is 1. The number of aliphatic carboxylic acids is 1. The van der Waals surface area contributed by atoms with Gasteiger partial charge in [-0.05, 0) is 24.6 Å². The van der Waals surface area contributed by atoms with E-state index in [0.717, 1.165) is 22.3 Å². The minimum Gasteiger partial charge on any atom is -0.504 e. The smallest absolute Gasteiger partial charge is 0.352 e. The molecule has 1 saturated heterocycles. The minimum absolute atomic E-state index is 0.0153. The summed E-state index contributed by atoms with van der Waals surface area (Å²) in [4.78, 5) is 69.2. The van der Waals surface area contributed by atoms with Crippen molar-refractivity contribution in [3.63, 3.8) is 0 Å². The number of phenols is 2. The third-order valence-corrected chi connectivity index (χ3v) is 10.2. The zero-order valence-corrected chi connectivity index (χ0v) is 26.9. The lowest BCUT2D eigenvalue weighted by Crippen LogP contribution is -2.71. The molecule has 5 heterocycles. The van der Waals surface area contributed by atoms with Crippen molar-refractivity contribution in [3.05, 3.63) is 63.7 Å². The largest absolute Gasteiger partial charge is 0.504 e. The van der Waals surface area contributed by atoms with Crippen molar-refractivity contribution in [1.29, 1.82) is 0 Å². The number of aromatic carboxylic acids is 1. The van der Waals surface area contributed by atoms with Crippen LogP contribution >= 0.6 is 34.9 Å². The number of aromatic nitrogens is 5. The molecule has 7 N–H and O–H groups in total. The number of carbonyl (C=O) groups is 4. The highest BCUT2D eigenvalue weighted by molar-refractivity contribution is 8.01. The fraction of sp³-hybridized carbons (Fsp3) is 0.222. The average molecular weight is 714 g/mol. The molecule has 0 spiro atoms. The van der Waals surface area contributed by atoms with Gasteiger partial charge in [-0.2, -0.15) is 14.6 Å². The number of carboxylic acid groups (broad SMARTS) is 2. The van der Waals surface area contributed by atoms with Gasteiger partial charge in [-0.15, -0.1) is 34.9 Å². The van der Waals surface area contributed by atoms with Gasteiger partial charge in [0.15, 0.2) is 22.3 Å². The van der Waals surface area contributed by atoms with Crippen LogP contribution in [0.2, 0.25) is 0 Å². The number of amides is 2. The Kier molecular flexibility index (Phi) is 8.81. The Morgan fingerprint density at radius 3 is 2.69 bits per heavy atom. The predicted octanol–water partition coefficient (Wildman–Crippen LogP) is 1.03. The van der Waals surface area contributed by atoms with Crippen LogP contribution in [-0.2, 0) is 25.8 Å². The lowest BCUT2D eigenvalue weighted by atomic mass is 10.0. The summed E-state index contributed by atoms with van der Waals surface area (Å²) < 4.78 is 1.54. The quantitative estimate of drug-likeness (QED) is 0.0316. The number of β-lactam (4-membered cyclic amide) rings is 1. The van der Waals surface area contributed by atoms with Crippen LogP contribution in [0.15, 0.2) is 51.4 Å². The molecule has 18 nitrogen and oxygen atoms in total. The van der Waals surface area contributed by atoms with Crippen LogP contribution in [0, 0.1) is 6.92 Å². The van der Waals surface area contributed by atoms with Crippen LogP contribution in [-0.4, -0.2) is 102 Å². The second kappa shape index (κ2) is 13.0. The molecule has 21 heteroatoms. The number of thioether (sulfide) groups is 2. The summed E-state index contributed by atoms with van der Waals surface area (Å²) in [6, 6.07) is 2.95. The number of nitrogens with two attached hydrogens (primary N) is 1. The Labute approximate surface area is 281 Å². The summed E-state index contributed by atoms with van der Waals surface area (Å²) >= 11 is 3.62. The molecular weight excluding hydrogens is 691 g/mol. The number of anilines is 1. The molecule has 3 aromatic heterocycles. The van der Waals surface area contributed by atoms with E-state index < -0.39 is 58.8 Å². The van der Waals surface area contributed by atoms with Gasteiger partial charge in [-0.3, -0.25) is 14.5 Å². The summed E-state index contributed by atoms with van der Waals surface area (Å²) in [5.74, 6) is -4.96. The standard InChI is InChI=1S/C27H23N9O9S3/c1-10-4-15(36-27(31-10)29-9-30-36)46-6-12-7-47-23-17(22(40)35(23)18(12)25(43)44)33-21(39)16(14-8-48-26(28)32-14)34-45-5-11-2-3-13(24(41)42)20(38)19(11)37/h2-4,8-9,17,23,37-38H,5-7H2,1H3,(H2,28,32)(H,33,39)(H,41,42)(H,43,44)/b34-16-/t17-,23-/m1/s1. The van der Waals surface area contributed by atoms with Gasteiger partial charge in [0.2, 0.25) is 0 Å². The first-order valence-electron chi connectivity index (χ1n) is 13.6. The van der Waals surface area contributed by atoms with Crippen LogP contribution in [0.4, 0.5) is 5.13 Å². The summed E-state index contributed by atoms with van der Waals surface area (Å²) in [6.45, 7) is 1.32. The molecular formula is C27H23N9O9S3. The number of hydrogen-bond acceptors (Lipinski definition) is 16. The van der Waals surface area contributed by atoms with Crippen molar-refractivity contribution in [1.82, 2.24) is 34.8 Å². The van der Waals surface area contributed by atoms with Crippen LogP contribution in [0.1, 0.15) is 27.3 Å². The molecule has 0 bridgehead atoms. The van der Waals surface area contributed by atoms with E-state index in [1.165, 1.54) is 45.8 Å². The van der Waals surface area contributed by atoms with Crippen molar-refractivity contribution in [2.75, 3.05) is 17.2 Å². The number of nitrogen functional groups attached to an aromatic ring is 1. The van der Waals surface area contributed by atoms with Gasteiger partial charge in [0, 0.05) is 28.1 Å². The lowest BCUT2D eigenvalue weighted by Gasteiger charge is -2.49. The van der Waals surface area contributed by atoms with Crippen molar-refractivity contribution in [2.45, 2.75) is 30.0 Å². The molecule has 2 aliphatic rings. The fourth-order valence-corrected chi connectivity index (χ4v) is 7.93. The summed E-state index contributed by atoms with van der Waals surface area (Å²) in [6.07, 6.45) is 1.37. The number of fused-ring (bicyclic) bond motifs is 2. The SMILES string of the molecule is Cc1cc(SCC2=C(C(=O)O)N3C(=O)[C@@H](NC(=O)/C(=N\OCc4ccc(C(=O)O)c(O)c4O)c4csc(N)n4)[C@H]3SC2)n2ncnc2n1. The normalized spacial score (nSPS) is 17.6. The van der Waals surface area contributed by atoms with E-state index in [-0.39, 0.29) is 39.3 Å². The van der Waals surface area contributed by atoms with E-state index >= 15 is 0 Å². The number of phenolic OH excluding ortho intramolecular Hbond substituents is 1. The Bertz CT molecular complexity index is 2060. The van der Waals surface area contributed by atoms with Gasteiger partial charge in [0.05, 0.1) is 0 Å². The zero-order valence-electron chi connectivity index (χ0n) is 24.4. The molecule has 0 aliphatic carbocycles. The number of thiazole rings is 1. The van der Waals surface area contributed by atoms with Gasteiger partial charge in [0.1, 0.15) is 46.3 Å². The molecule has 1 aromatic carbocycles. The molecule has 0 radical (unpaired) electrons. The van der Waals surface area contributed by atoms with Crippen molar-refractivity contribution >= 4 is 75.2 Å². The number of carboxylic acids is 2. The van der Waals surface area contributed by atoms with Gasteiger partial charge in [0.25, 0.3) is 17.6 Å². The third-order valence-electron chi connectivity index (χ3n) is 7.10. The van der Waals surface area contributed by atoms with Crippen LogP contribution in [0.5, 0.6) is 11.5 Å². The second-order valence-electron chi connectivity index (χ2n) is 10.2. The highest BCUT2D eigenvalue weighted by Crippen LogP contribution is 2.42. The maximum absolute atomic E-state index is 13.4.